The second-order valence-corrected chi connectivity index (χ2v) is 7.76. The second kappa shape index (κ2) is 8.53. The van der Waals surface area contributed by atoms with E-state index in [2.05, 4.69) is 48.4 Å². The number of nitrogens with zero attached hydrogens (tertiary/aromatic N) is 1. The molecule has 5 nitrogen and oxygen atoms in total. The van der Waals surface area contributed by atoms with E-state index in [1.165, 1.54) is 5.56 Å². The lowest BCUT2D eigenvalue weighted by molar-refractivity contribution is -0.123. The summed E-state index contributed by atoms with van der Waals surface area (Å²) >= 11 is 0. The lowest BCUT2D eigenvalue weighted by atomic mass is 9.67. The maximum absolute atomic E-state index is 12.1. The molecule has 0 spiro atoms. The van der Waals surface area contributed by atoms with E-state index in [-0.39, 0.29) is 23.5 Å². The maximum Gasteiger partial charge on any atom is 0.257 e. The van der Waals surface area contributed by atoms with Crippen molar-refractivity contribution in [2.75, 3.05) is 19.8 Å². The third kappa shape index (κ3) is 5.30. The Bertz CT molecular complexity index is 734. The van der Waals surface area contributed by atoms with E-state index in [4.69, 9.17) is 9.47 Å². The zero-order valence-electron chi connectivity index (χ0n) is 16.1. The van der Waals surface area contributed by atoms with Crippen LogP contribution in [0, 0.1) is 0 Å². The Morgan fingerprint density at radius 2 is 2.04 bits per heavy atom. The Balaban J connectivity index is 1.58. The molecule has 0 radical (unpaired) electrons. The molecule has 1 saturated heterocycles. The highest BCUT2D eigenvalue weighted by molar-refractivity contribution is 5.77. The van der Waals surface area contributed by atoms with Gasteiger partial charge < -0.3 is 14.8 Å². The van der Waals surface area contributed by atoms with E-state index in [1.807, 2.05) is 6.07 Å². The van der Waals surface area contributed by atoms with E-state index in [0.29, 0.717) is 12.3 Å². The topological polar surface area (TPSA) is 60.5 Å². The smallest absolute Gasteiger partial charge is 0.257 e. The van der Waals surface area contributed by atoms with Crippen LogP contribution in [0.2, 0.25) is 0 Å². The number of nitrogens with one attached hydrogen (secondary N) is 1. The van der Waals surface area contributed by atoms with Gasteiger partial charge in [-0.2, -0.15) is 0 Å². The standard InChI is InChI=1S/C22H28N2O3/c1-21(2)17-22(11-14-27-21,18-7-4-3-5-8-18)10-13-24-20(25)16-26-19-9-6-12-23-15-19/h3-9,12,15H,10-11,13-14,16-17H2,1-2H3,(H,24,25). The highest BCUT2D eigenvalue weighted by Crippen LogP contribution is 2.43. The van der Waals surface area contributed by atoms with Crippen molar-refractivity contribution in [2.45, 2.75) is 44.1 Å². The predicted molar refractivity (Wildman–Crippen MR) is 105 cm³/mol. The third-order valence-electron chi connectivity index (χ3n) is 5.15. The summed E-state index contributed by atoms with van der Waals surface area (Å²) in [6.45, 7) is 5.63. The Labute approximate surface area is 161 Å². The summed E-state index contributed by atoms with van der Waals surface area (Å²) in [5, 5.41) is 3.00. The van der Waals surface area contributed by atoms with Crippen LogP contribution in [0.5, 0.6) is 5.75 Å². The molecule has 1 N–H and O–H groups in total. The summed E-state index contributed by atoms with van der Waals surface area (Å²) in [5.41, 5.74) is 1.17. The molecular weight excluding hydrogens is 340 g/mol. The Morgan fingerprint density at radius 1 is 1.22 bits per heavy atom. The summed E-state index contributed by atoms with van der Waals surface area (Å²) < 4.78 is 11.4. The summed E-state index contributed by atoms with van der Waals surface area (Å²) in [7, 11) is 0. The van der Waals surface area contributed by atoms with Gasteiger partial charge in [0, 0.05) is 24.8 Å². The molecule has 1 aromatic carbocycles. The van der Waals surface area contributed by atoms with Crippen molar-refractivity contribution in [3.8, 4) is 5.75 Å². The van der Waals surface area contributed by atoms with Crippen LogP contribution in [0.3, 0.4) is 0 Å². The number of carbonyl (C=O) groups excluding carboxylic acids is 1. The van der Waals surface area contributed by atoms with Crippen LogP contribution in [0.4, 0.5) is 0 Å². The van der Waals surface area contributed by atoms with Gasteiger partial charge in [-0.05, 0) is 50.8 Å². The Morgan fingerprint density at radius 3 is 2.74 bits per heavy atom. The van der Waals surface area contributed by atoms with E-state index in [1.54, 1.807) is 24.5 Å². The number of benzene rings is 1. The highest BCUT2D eigenvalue weighted by atomic mass is 16.5. The van der Waals surface area contributed by atoms with Crippen LogP contribution in [0.25, 0.3) is 0 Å². The van der Waals surface area contributed by atoms with Crippen molar-refractivity contribution in [1.82, 2.24) is 10.3 Å². The first-order valence-corrected chi connectivity index (χ1v) is 9.48. The van der Waals surface area contributed by atoms with Gasteiger partial charge in [-0.25, -0.2) is 0 Å². The fourth-order valence-corrected chi connectivity index (χ4v) is 3.95. The molecule has 1 aliphatic rings. The van der Waals surface area contributed by atoms with Crippen LogP contribution >= 0.6 is 0 Å². The molecule has 1 aromatic heterocycles. The molecule has 27 heavy (non-hydrogen) atoms. The van der Waals surface area contributed by atoms with Crippen LogP contribution in [-0.2, 0) is 14.9 Å². The highest BCUT2D eigenvalue weighted by Gasteiger charge is 2.41. The average molecular weight is 368 g/mol. The molecule has 1 aliphatic heterocycles. The summed E-state index contributed by atoms with van der Waals surface area (Å²) in [4.78, 5) is 16.1. The van der Waals surface area contributed by atoms with Crippen LogP contribution in [0.15, 0.2) is 54.9 Å². The van der Waals surface area contributed by atoms with E-state index < -0.39 is 0 Å². The quantitative estimate of drug-likeness (QED) is 0.813. The number of aromatic nitrogens is 1. The lowest BCUT2D eigenvalue weighted by Crippen LogP contribution is -2.46. The van der Waals surface area contributed by atoms with Gasteiger partial charge in [0.25, 0.3) is 5.91 Å². The molecule has 1 fully saturated rings. The van der Waals surface area contributed by atoms with Gasteiger partial charge in [0.05, 0.1) is 11.8 Å². The van der Waals surface area contributed by atoms with E-state index in [9.17, 15) is 4.79 Å². The zero-order chi connectivity index (χ0) is 19.2. The monoisotopic (exact) mass is 368 g/mol. The maximum atomic E-state index is 12.1. The van der Waals surface area contributed by atoms with Crippen LogP contribution in [-0.4, -0.2) is 36.3 Å². The van der Waals surface area contributed by atoms with Crippen LogP contribution in [0.1, 0.15) is 38.7 Å². The largest absolute Gasteiger partial charge is 0.482 e. The summed E-state index contributed by atoms with van der Waals surface area (Å²) in [6.07, 6.45) is 6.05. The Hall–Kier alpha value is -2.40. The molecule has 3 rings (SSSR count). The summed E-state index contributed by atoms with van der Waals surface area (Å²) in [6, 6.07) is 14.2. The van der Waals surface area contributed by atoms with Gasteiger partial charge in [-0.15, -0.1) is 0 Å². The van der Waals surface area contributed by atoms with Crippen molar-refractivity contribution in [3.63, 3.8) is 0 Å². The fraction of sp³-hybridized carbons (Fsp3) is 0.455. The second-order valence-electron chi connectivity index (χ2n) is 7.76. The van der Waals surface area contributed by atoms with Gasteiger partial charge in [0.2, 0.25) is 0 Å². The van der Waals surface area contributed by atoms with Gasteiger partial charge in [-0.3, -0.25) is 9.78 Å². The summed E-state index contributed by atoms with van der Waals surface area (Å²) in [5.74, 6) is 0.480. The normalized spacial score (nSPS) is 21.4. The SMILES string of the molecule is CC1(C)CC(CCNC(=O)COc2cccnc2)(c2ccccc2)CCO1. The number of carbonyl (C=O) groups is 1. The number of ether oxygens (including phenoxy) is 2. The van der Waals surface area contributed by atoms with Gasteiger partial charge >= 0.3 is 0 Å². The molecule has 0 bridgehead atoms. The predicted octanol–water partition coefficient (Wildman–Crippen LogP) is 3.49. The minimum absolute atomic E-state index is 0.00135. The first-order valence-electron chi connectivity index (χ1n) is 9.48. The van der Waals surface area contributed by atoms with Crippen LogP contribution < -0.4 is 10.1 Å². The first-order chi connectivity index (χ1) is 13.0. The molecule has 1 unspecified atom stereocenters. The molecule has 0 aliphatic carbocycles. The van der Waals surface area contributed by atoms with Crippen molar-refractivity contribution in [2.24, 2.45) is 0 Å². The van der Waals surface area contributed by atoms with E-state index >= 15 is 0 Å². The molecular formula is C22H28N2O3. The Kier molecular flexibility index (Phi) is 6.11. The number of hydrogen-bond donors (Lipinski definition) is 1. The van der Waals surface area contributed by atoms with Crippen molar-refractivity contribution in [1.29, 1.82) is 0 Å². The molecule has 1 amide bonds. The minimum Gasteiger partial charge on any atom is -0.482 e. The van der Waals surface area contributed by atoms with Crippen molar-refractivity contribution in [3.05, 3.63) is 60.4 Å². The molecule has 1 atom stereocenters. The van der Waals surface area contributed by atoms with Gasteiger partial charge in [-0.1, -0.05) is 30.3 Å². The first kappa shape index (κ1) is 19.4. The van der Waals surface area contributed by atoms with Crippen molar-refractivity contribution >= 4 is 5.91 Å². The van der Waals surface area contributed by atoms with Gasteiger partial charge in [0.1, 0.15) is 5.75 Å². The number of pyridine rings is 1. The fourth-order valence-electron chi connectivity index (χ4n) is 3.95. The van der Waals surface area contributed by atoms with Gasteiger partial charge in [0.15, 0.2) is 6.61 Å². The lowest BCUT2D eigenvalue weighted by Gasteiger charge is -2.45. The number of hydrogen-bond acceptors (Lipinski definition) is 4. The molecule has 2 heterocycles. The van der Waals surface area contributed by atoms with Crippen molar-refractivity contribution < 1.29 is 14.3 Å². The molecule has 0 saturated carbocycles. The third-order valence-corrected chi connectivity index (χ3v) is 5.15. The molecule has 144 valence electrons. The van der Waals surface area contributed by atoms with E-state index in [0.717, 1.165) is 25.9 Å². The number of amides is 1. The zero-order valence-corrected chi connectivity index (χ0v) is 16.1. The average Bonchev–Trinajstić information content (AvgIpc) is 2.67. The molecule has 2 aromatic rings. The number of rotatable bonds is 7. The minimum atomic E-state index is -0.165. The molecule has 5 heteroatoms.